The van der Waals surface area contributed by atoms with Gasteiger partial charge < -0.3 is 16.0 Å². The average molecular weight is 249 g/mol. The minimum Gasteiger partial charge on any atom is -0.368 e. The number of primary amides is 1. The lowest BCUT2D eigenvalue weighted by atomic mass is 9.88. The van der Waals surface area contributed by atoms with Crippen LogP contribution >= 0.6 is 0 Å². The summed E-state index contributed by atoms with van der Waals surface area (Å²) in [6.07, 6.45) is 0. The van der Waals surface area contributed by atoms with Crippen LogP contribution in [0.3, 0.4) is 0 Å². The minimum absolute atomic E-state index is 0.344. The monoisotopic (exact) mass is 249 g/mol. The Kier molecular flexibility index (Phi) is 5.31. The molecule has 0 aliphatic carbocycles. The van der Waals surface area contributed by atoms with Gasteiger partial charge in [-0.05, 0) is 25.7 Å². The van der Waals surface area contributed by atoms with Crippen LogP contribution in [-0.2, 0) is 10.3 Å². The number of rotatable bonds is 7. The predicted molar refractivity (Wildman–Crippen MR) is 74.2 cm³/mol. The summed E-state index contributed by atoms with van der Waals surface area (Å²) >= 11 is 0. The van der Waals surface area contributed by atoms with Crippen LogP contribution in [0.1, 0.15) is 19.4 Å². The van der Waals surface area contributed by atoms with E-state index in [9.17, 15) is 4.79 Å². The Labute approximate surface area is 109 Å². The minimum atomic E-state index is -0.826. The van der Waals surface area contributed by atoms with Crippen LogP contribution in [0.5, 0.6) is 0 Å². The van der Waals surface area contributed by atoms with E-state index < -0.39 is 5.54 Å². The Morgan fingerprint density at radius 3 is 2.22 bits per heavy atom. The lowest BCUT2D eigenvalue weighted by molar-refractivity contribution is -0.125. The first kappa shape index (κ1) is 14.7. The van der Waals surface area contributed by atoms with E-state index in [1.54, 1.807) is 7.05 Å². The van der Waals surface area contributed by atoms with Crippen LogP contribution in [0.15, 0.2) is 30.3 Å². The third-order valence-electron chi connectivity index (χ3n) is 3.47. The molecule has 0 bridgehead atoms. The van der Waals surface area contributed by atoms with Crippen molar-refractivity contribution in [1.29, 1.82) is 0 Å². The van der Waals surface area contributed by atoms with Gasteiger partial charge in [0.2, 0.25) is 5.91 Å². The van der Waals surface area contributed by atoms with Crippen LogP contribution in [0.2, 0.25) is 0 Å². The highest BCUT2D eigenvalue weighted by molar-refractivity contribution is 5.86. The van der Waals surface area contributed by atoms with Crippen LogP contribution in [0.25, 0.3) is 0 Å². The molecule has 0 saturated carbocycles. The Bertz CT molecular complexity index is 376. The van der Waals surface area contributed by atoms with Gasteiger partial charge in [-0.3, -0.25) is 4.79 Å². The first-order valence-electron chi connectivity index (χ1n) is 6.37. The second-order valence-corrected chi connectivity index (χ2v) is 4.35. The van der Waals surface area contributed by atoms with Crippen LogP contribution in [0.4, 0.5) is 0 Å². The van der Waals surface area contributed by atoms with Crippen molar-refractivity contribution in [3.05, 3.63) is 35.9 Å². The molecule has 1 unspecified atom stereocenters. The molecule has 0 heterocycles. The van der Waals surface area contributed by atoms with Gasteiger partial charge in [0.15, 0.2) is 0 Å². The van der Waals surface area contributed by atoms with Gasteiger partial charge in [0.25, 0.3) is 0 Å². The fourth-order valence-corrected chi connectivity index (χ4v) is 2.16. The van der Waals surface area contributed by atoms with Gasteiger partial charge in [0, 0.05) is 6.54 Å². The first-order chi connectivity index (χ1) is 8.60. The molecule has 0 radical (unpaired) electrons. The van der Waals surface area contributed by atoms with Crippen LogP contribution in [0, 0.1) is 0 Å². The summed E-state index contributed by atoms with van der Waals surface area (Å²) in [6.45, 7) is 6.52. The molecule has 1 rings (SSSR count). The Balaban J connectivity index is 3.14. The van der Waals surface area contributed by atoms with Crippen molar-refractivity contribution < 1.29 is 4.79 Å². The zero-order valence-electron chi connectivity index (χ0n) is 11.4. The Hall–Kier alpha value is -1.39. The third kappa shape index (κ3) is 2.89. The highest BCUT2D eigenvalue weighted by Gasteiger charge is 2.38. The van der Waals surface area contributed by atoms with E-state index in [1.165, 1.54) is 0 Å². The van der Waals surface area contributed by atoms with E-state index >= 15 is 0 Å². The molecule has 18 heavy (non-hydrogen) atoms. The number of nitrogens with two attached hydrogens (primary N) is 1. The Morgan fingerprint density at radius 2 is 1.83 bits per heavy atom. The summed E-state index contributed by atoms with van der Waals surface area (Å²) in [5.41, 5.74) is 5.73. The summed E-state index contributed by atoms with van der Waals surface area (Å²) in [5.74, 6) is -0.344. The number of likely N-dealkylation sites (N-methyl/N-ethyl adjacent to an activating group) is 2. The maximum absolute atomic E-state index is 12.0. The lowest BCUT2D eigenvalue weighted by Crippen LogP contribution is -2.57. The molecule has 1 amide bonds. The predicted octanol–water partition coefficient (Wildman–Crippen LogP) is 0.928. The van der Waals surface area contributed by atoms with Crippen molar-refractivity contribution >= 4 is 5.91 Å². The van der Waals surface area contributed by atoms with E-state index in [0.717, 1.165) is 18.7 Å². The number of hydrogen-bond donors (Lipinski definition) is 2. The molecule has 0 aromatic heterocycles. The third-order valence-corrected chi connectivity index (χ3v) is 3.47. The molecule has 1 aromatic rings. The topological polar surface area (TPSA) is 58.4 Å². The molecule has 4 nitrogen and oxygen atoms in total. The van der Waals surface area contributed by atoms with E-state index in [1.807, 2.05) is 30.3 Å². The van der Waals surface area contributed by atoms with Crippen molar-refractivity contribution in [2.24, 2.45) is 5.73 Å². The van der Waals surface area contributed by atoms with Crippen molar-refractivity contribution in [2.75, 3.05) is 26.7 Å². The summed E-state index contributed by atoms with van der Waals surface area (Å²) in [7, 11) is 1.78. The molecule has 1 aromatic carbocycles. The fraction of sp³-hybridized carbons (Fsp3) is 0.500. The van der Waals surface area contributed by atoms with Crippen molar-refractivity contribution in [3.8, 4) is 0 Å². The highest BCUT2D eigenvalue weighted by atomic mass is 16.1. The number of nitrogens with zero attached hydrogens (tertiary/aromatic N) is 1. The number of carbonyl (C=O) groups excluding carboxylic acids is 1. The summed E-state index contributed by atoms with van der Waals surface area (Å²) in [6, 6.07) is 9.65. The fourth-order valence-electron chi connectivity index (χ4n) is 2.16. The smallest absolute Gasteiger partial charge is 0.243 e. The molecular formula is C14H23N3O. The maximum atomic E-state index is 12.0. The van der Waals surface area contributed by atoms with Gasteiger partial charge in [-0.2, -0.15) is 0 Å². The Morgan fingerprint density at radius 1 is 1.28 bits per heavy atom. The summed E-state index contributed by atoms with van der Waals surface area (Å²) in [4.78, 5) is 14.1. The highest BCUT2D eigenvalue weighted by Crippen LogP contribution is 2.22. The van der Waals surface area contributed by atoms with E-state index in [4.69, 9.17) is 5.73 Å². The number of amides is 1. The van der Waals surface area contributed by atoms with Crippen molar-refractivity contribution in [2.45, 2.75) is 19.4 Å². The molecule has 1 atom stereocenters. The van der Waals surface area contributed by atoms with Gasteiger partial charge in [-0.25, -0.2) is 0 Å². The molecule has 4 heteroatoms. The molecule has 0 aliphatic heterocycles. The van der Waals surface area contributed by atoms with Gasteiger partial charge in [-0.1, -0.05) is 44.2 Å². The van der Waals surface area contributed by atoms with Crippen molar-refractivity contribution in [3.63, 3.8) is 0 Å². The molecule has 3 N–H and O–H groups in total. The van der Waals surface area contributed by atoms with Crippen LogP contribution < -0.4 is 11.1 Å². The summed E-state index contributed by atoms with van der Waals surface area (Å²) < 4.78 is 0. The second-order valence-electron chi connectivity index (χ2n) is 4.35. The van der Waals surface area contributed by atoms with E-state index in [-0.39, 0.29) is 5.91 Å². The number of hydrogen-bond acceptors (Lipinski definition) is 3. The van der Waals surface area contributed by atoms with Gasteiger partial charge >= 0.3 is 0 Å². The van der Waals surface area contributed by atoms with Gasteiger partial charge in [0.1, 0.15) is 5.54 Å². The van der Waals surface area contributed by atoms with Gasteiger partial charge in [-0.15, -0.1) is 0 Å². The SMILES string of the molecule is CCN(CC)CC(NC)(C(N)=O)c1ccccc1. The normalized spacial score (nSPS) is 14.4. The number of benzene rings is 1. The first-order valence-corrected chi connectivity index (χ1v) is 6.37. The zero-order chi connectivity index (χ0) is 13.6. The lowest BCUT2D eigenvalue weighted by Gasteiger charge is -2.35. The number of carbonyl (C=O) groups is 1. The molecule has 0 fully saturated rings. The standard InChI is InChI=1S/C14H23N3O/c1-4-17(5-2)11-14(16-3,13(15)18)12-9-7-6-8-10-12/h6-10,16H,4-5,11H2,1-3H3,(H2,15,18). The quantitative estimate of drug-likeness (QED) is 0.756. The van der Waals surface area contributed by atoms with Gasteiger partial charge in [0.05, 0.1) is 0 Å². The van der Waals surface area contributed by atoms with E-state index in [0.29, 0.717) is 6.54 Å². The second kappa shape index (κ2) is 6.52. The molecule has 0 spiro atoms. The van der Waals surface area contributed by atoms with E-state index in [2.05, 4.69) is 24.1 Å². The largest absolute Gasteiger partial charge is 0.368 e. The average Bonchev–Trinajstić information content (AvgIpc) is 2.41. The zero-order valence-corrected chi connectivity index (χ0v) is 11.4. The van der Waals surface area contributed by atoms with Crippen molar-refractivity contribution in [1.82, 2.24) is 10.2 Å². The molecule has 0 saturated heterocycles. The molecule has 100 valence electrons. The maximum Gasteiger partial charge on any atom is 0.243 e. The summed E-state index contributed by atoms with van der Waals surface area (Å²) in [5, 5.41) is 3.11. The number of nitrogens with one attached hydrogen (secondary N) is 1. The molecular weight excluding hydrogens is 226 g/mol. The van der Waals surface area contributed by atoms with Crippen LogP contribution in [-0.4, -0.2) is 37.5 Å². The molecule has 0 aliphatic rings.